The monoisotopic (exact) mass is 553 g/mol. The Labute approximate surface area is 238 Å². The van der Waals surface area contributed by atoms with Crippen LogP contribution in [0.4, 0.5) is 11.6 Å². The van der Waals surface area contributed by atoms with Crippen LogP contribution in [0.2, 0.25) is 0 Å². The molecule has 2 N–H and O–H groups in total. The Morgan fingerprint density at radius 2 is 2.07 bits per heavy atom. The van der Waals surface area contributed by atoms with Crippen molar-refractivity contribution in [3.8, 4) is 5.82 Å². The lowest BCUT2D eigenvalue weighted by Gasteiger charge is -2.33. The number of fused-ring (bicyclic) bond motifs is 3. The second-order valence-electron chi connectivity index (χ2n) is 11.5. The first-order valence-corrected chi connectivity index (χ1v) is 14.4. The van der Waals surface area contributed by atoms with Crippen molar-refractivity contribution < 1.29 is 9.84 Å². The van der Waals surface area contributed by atoms with Crippen LogP contribution in [0.1, 0.15) is 53.6 Å². The lowest BCUT2D eigenvalue weighted by atomic mass is 9.86. The van der Waals surface area contributed by atoms with Gasteiger partial charge in [0.2, 0.25) is 5.95 Å². The number of aliphatic hydroxyl groups is 1. The van der Waals surface area contributed by atoms with E-state index in [1.807, 2.05) is 19.1 Å². The van der Waals surface area contributed by atoms with Crippen LogP contribution in [0.15, 0.2) is 47.9 Å². The van der Waals surface area contributed by atoms with E-state index in [-0.39, 0.29) is 12.1 Å². The SMILES string of the molecule is C=CCn1c(=O)c2cnc(Nc3cc4c(c(C5COC5)c3)CCN(C)C4)nc2n1-c1ccc2c(n1)[C@@](O)(CC)CC2. The molecule has 0 saturated carbocycles. The zero-order valence-corrected chi connectivity index (χ0v) is 23.6. The van der Waals surface area contributed by atoms with Crippen molar-refractivity contribution in [2.24, 2.45) is 0 Å². The lowest BCUT2D eigenvalue weighted by molar-refractivity contribution is 0.00793. The van der Waals surface area contributed by atoms with Crippen LogP contribution in [-0.4, -0.2) is 61.1 Å². The van der Waals surface area contributed by atoms with Gasteiger partial charge in [-0.1, -0.05) is 19.1 Å². The van der Waals surface area contributed by atoms with Crippen LogP contribution in [0, 0.1) is 0 Å². The molecule has 2 aliphatic heterocycles. The van der Waals surface area contributed by atoms with Crippen molar-refractivity contribution >= 4 is 22.7 Å². The largest absolute Gasteiger partial charge is 0.384 e. The van der Waals surface area contributed by atoms with E-state index >= 15 is 0 Å². The number of hydrogen-bond acceptors (Lipinski definition) is 8. The number of rotatable bonds is 7. The van der Waals surface area contributed by atoms with E-state index in [2.05, 4.69) is 41.0 Å². The molecule has 41 heavy (non-hydrogen) atoms. The molecular weight excluding hydrogens is 518 g/mol. The van der Waals surface area contributed by atoms with E-state index in [0.717, 1.165) is 50.4 Å². The number of benzene rings is 1. The Bertz CT molecular complexity index is 1740. The maximum atomic E-state index is 13.5. The van der Waals surface area contributed by atoms with Gasteiger partial charge in [0.05, 0.1) is 25.5 Å². The van der Waals surface area contributed by atoms with Crippen molar-refractivity contribution in [2.45, 2.75) is 57.2 Å². The molecule has 10 nitrogen and oxygen atoms in total. The summed E-state index contributed by atoms with van der Waals surface area (Å²) in [4.78, 5) is 30.0. The highest BCUT2D eigenvalue weighted by atomic mass is 16.5. The van der Waals surface area contributed by atoms with Crippen LogP contribution in [-0.2, 0) is 36.3 Å². The van der Waals surface area contributed by atoms with E-state index < -0.39 is 5.60 Å². The summed E-state index contributed by atoms with van der Waals surface area (Å²) in [6.45, 7) is 9.53. The van der Waals surface area contributed by atoms with Gasteiger partial charge in [-0.25, -0.2) is 19.3 Å². The van der Waals surface area contributed by atoms with Gasteiger partial charge in [0.15, 0.2) is 11.5 Å². The third-order valence-corrected chi connectivity index (χ3v) is 8.89. The van der Waals surface area contributed by atoms with Gasteiger partial charge in [-0.2, -0.15) is 4.98 Å². The van der Waals surface area contributed by atoms with Crippen molar-refractivity contribution in [3.05, 3.63) is 81.4 Å². The zero-order valence-electron chi connectivity index (χ0n) is 23.6. The summed E-state index contributed by atoms with van der Waals surface area (Å²) in [6.07, 6.45) is 6.28. The summed E-state index contributed by atoms with van der Waals surface area (Å²) >= 11 is 0. The first kappa shape index (κ1) is 26.1. The molecule has 0 bridgehead atoms. The predicted molar refractivity (Wildman–Crippen MR) is 157 cm³/mol. The molecule has 1 aromatic carbocycles. The summed E-state index contributed by atoms with van der Waals surface area (Å²) in [7, 11) is 2.15. The number of ether oxygens (including phenoxy) is 1. The van der Waals surface area contributed by atoms with Crippen LogP contribution in [0.5, 0.6) is 0 Å². The van der Waals surface area contributed by atoms with E-state index in [1.54, 1.807) is 21.6 Å². The second kappa shape index (κ2) is 9.90. The third-order valence-electron chi connectivity index (χ3n) is 8.89. The molecule has 212 valence electrons. The number of nitrogens with zero attached hydrogens (tertiary/aromatic N) is 6. The Hall–Kier alpha value is -3.86. The number of hydrogen-bond donors (Lipinski definition) is 2. The summed E-state index contributed by atoms with van der Waals surface area (Å²) in [6, 6.07) is 8.27. The standard InChI is InChI=1S/C31H35N7O3/c1-4-11-37-29(39)25-15-32-30(33-22-13-20-16-36(3)12-9-23(20)24(14-22)21-17-41-18-21)35-28(25)38(37)26-7-6-19-8-10-31(40,5-2)27(19)34-26/h4,6-7,13-15,21,40H,1,5,8-12,16-18H2,2-3H3,(H,32,33,35)/t31-/m1/s1. The fourth-order valence-electron chi connectivity index (χ4n) is 6.47. The lowest BCUT2D eigenvalue weighted by Crippen LogP contribution is -2.31. The average Bonchev–Trinajstić information content (AvgIpc) is 3.41. The molecule has 0 amide bonds. The Kier molecular flexibility index (Phi) is 6.29. The van der Waals surface area contributed by atoms with Gasteiger partial charge in [-0.05, 0) is 73.2 Å². The molecule has 3 aliphatic rings. The highest BCUT2D eigenvalue weighted by molar-refractivity contribution is 5.77. The van der Waals surface area contributed by atoms with E-state index in [1.165, 1.54) is 16.7 Å². The maximum Gasteiger partial charge on any atom is 0.278 e. The molecule has 1 saturated heterocycles. The predicted octanol–water partition coefficient (Wildman–Crippen LogP) is 3.55. The van der Waals surface area contributed by atoms with Gasteiger partial charge in [0.25, 0.3) is 5.56 Å². The molecule has 5 heterocycles. The fraction of sp³-hybridized carbons (Fsp3) is 0.419. The third kappa shape index (κ3) is 4.29. The highest BCUT2D eigenvalue weighted by Crippen LogP contribution is 2.39. The topological polar surface area (TPSA) is 110 Å². The van der Waals surface area contributed by atoms with Crippen LogP contribution >= 0.6 is 0 Å². The van der Waals surface area contributed by atoms with Crippen LogP contribution < -0.4 is 10.9 Å². The summed E-state index contributed by atoms with van der Waals surface area (Å²) in [5.41, 5.74) is 5.98. The molecule has 7 rings (SSSR count). The molecule has 0 radical (unpaired) electrons. The van der Waals surface area contributed by atoms with Gasteiger partial charge < -0.3 is 20.1 Å². The zero-order chi connectivity index (χ0) is 28.3. The first-order valence-electron chi connectivity index (χ1n) is 14.4. The molecule has 1 aliphatic carbocycles. The highest BCUT2D eigenvalue weighted by Gasteiger charge is 2.37. The van der Waals surface area contributed by atoms with Gasteiger partial charge >= 0.3 is 0 Å². The summed E-state index contributed by atoms with van der Waals surface area (Å²) in [5.74, 6) is 1.33. The fourth-order valence-corrected chi connectivity index (χ4v) is 6.47. The van der Waals surface area contributed by atoms with Gasteiger partial charge in [0.1, 0.15) is 11.0 Å². The van der Waals surface area contributed by atoms with E-state index in [0.29, 0.717) is 47.3 Å². The minimum atomic E-state index is -0.969. The molecular formula is C31H35N7O3. The minimum absolute atomic E-state index is 0.219. The van der Waals surface area contributed by atoms with Gasteiger partial charge in [-0.3, -0.25) is 4.79 Å². The van der Waals surface area contributed by atoms with Gasteiger partial charge in [0, 0.05) is 30.9 Å². The number of aromatic nitrogens is 5. The summed E-state index contributed by atoms with van der Waals surface area (Å²) in [5, 5.41) is 15.0. The van der Waals surface area contributed by atoms with E-state index in [4.69, 9.17) is 14.7 Å². The Morgan fingerprint density at radius 3 is 2.83 bits per heavy atom. The quantitative estimate of drug-likeness (QED) is 0.335. The van der Waals surface area contributed by atoms with Crippen molar-refractivity contribution in [1.82, 2.24) is 29.2 Å². The summed E-state index contributed by atoms with van der Waals surface area (Å²) < 4.78 is 8.81. The molecule has 10 heteroatoms. The normalized spacial score (nSPS) is 20.6. The average molecular weight is 554 g/mol. The molecule has 1 fully saturated rings. The Morgan fingerprint density at radius 1 is 1.22 bits per heavy atom. The first-order chi connectivity index (χ1) is 19.9. The number of pyridine rings is 1. The molecule has 0 spiro atoms. The minimum Gasteiger partial charge on any atom is -0.384 e. The molecule has 1 atom stereocenters. The van der Waals surface area contributed by atoms with Crippen molar-refractivity contribution in [1.29, 1.82) is 0 Å². The smallest absolute Gasteiger partial charge is 0.278 e. The molecule has 3 aromatic heterocycles. The number of aryl methyl sites for hydroxylation is 1. The number of likely N-dealkylation sites (N-methyl/N-ethyl adjacent to an activating group) is 1. The maximum absolute atomic E-state index is 13.5. The molecule has 0 unspecified atom stereocenters. The number of nitrogens with one attached hydrogen (secondary N) is 1. The van der Waals surface area contributed by atoms with Crippen molar-refractivity contribution in [3.63, 3.8) is 0 Å². The van der Waals surface area contributed by atoms with E-state index in [9.17, 15) is 9.90 Å². The van der Waals surface area contributed by atoms with Crippen LogP contribution in [0.25, 0.3) is 16.9 Å². The number of anilines is 2. The van der Waals surface area contributed by atoms with Crippen LogP contribution in [0.3, 0.4) is 0 Å². The second-order valence-corrected chi connectivity index (χ2v) is 11.5. The van der Waals surface area contributed by atoms with Crippen molar-refractivity contribution in [2.75, 3.05) is 32.1 Å². The molecule has 4 aromatic rings. The number of allylic oxidation sites excluding steroid dienone is 1. The Balaban J connectivity index is 1.33. The van der Waals surface area contributed by atoms with Gasteiger partial charge in [-0.15, -0.1) is 6.58 Å².